The third-order valence-electron chi connectivity index (χ3n) is 2.46. The molecule has 0 atom stereocenters. The van der Waals surface area contributed by atoms with Crippen molar-refractivity contribution in [1.82, 2.24) is 0 Å². The standard InChI is InChI=1S/C14H12ClNO2/c15-13-4-2-1-3-10(13)9-14(18)16-11-5-7-12(17)8-6-11/h1-8,17H,9H2,(H,16,18). The van der Waals surface area contributed by atoms with Crippen LogP contribution in [0, 0.1) is 0 Å². The summed E-state index contributed by atoms with van der Waals surface area (Å²) in [4.78, 5) is 11.8. The lowest BCUT2D eigenvalue weighted by molar-refractivity contribution is -0.115. The largest absolute Gasteiger partial charge is 0.508 e. The molecule has 0 heterocycles. The van der Waals surface area contributed by atoms with Crippen molar-refractivity contribution in [3.8, 4) is 5.75 Å². The molecule has 2 N–H and O–H groups in total. The minimum Gasteiger partial charge on any atom is -0.508 e. The minimum atomic E-state index is -0.145. The lowest BCUT2D eigenvalue weighted by Gasteiger charge is -2.06. The van der Waals surface area contributed by atoms with Gasteiger partial charge in [-0.1, -0.05) is 29.8 Å². The van der Waals surface area contributed by atoms with Gasteiger partial charge in [0.1, 0.15) is 5.75 Å². The maximum Gasteiger partial charge on any atom is 0.228 e. The highest BCUT2D eigenvalue weighted by Crippen LogP contribution is 2.17. The summed E-state index contributed by atoms with van der Waals surface area (Å²) in [5, 5.41) is 12.5. The molecule has 92 valence electrons. The Morgan fingerprint density at radius 1 is 1.11 bits per heavy atom. The summed E-state index contributed by atoms with van der Waals surface area (Å²) in [5.74, 6) is 0.0212. The molecule has 0 unspecified atom stereocenters. The Labute approximate surface area is 110 Å². The number of amides is 1. The number of carbonyl (C=O) groups is 1. The van der Waals surface area contributed by atoms with E-state index < -0.39 is 0 Å². The maximum atomic E-state index is 11.8. The van der Waals surface area contributed by atoms with Crippen LogP contribution in [0.2, 0.25) is 5.02 Å². The molecule has 18 heavy (non-hydrogen) atoms. The number of hydrogen-bond acceptors (Lipinski definition) is 2. The maximum absolute atomic E-state index is 11.8. The summed E-state index contributed by atoms with van der Waals surface area (Å²) >= 11 is 5.98. The molecule has 3 nitrogen and oxygen atoms in total. The first kappa shape index (κ1) is 12.5. The lowest BCUT2D eigenvalue weighted by atomic mass is 10.1. The molecule has 0 aliphatic heterocycles. The quantitative estimate of drug-likeness (QED) is 0.834. The highest BCUT2D eigenvalue weighted by molar-refractivity contribution is 6.31. The van der Waals surface area contributed by atoms with Gasteiger partial charge in [-0.15, -0.1) is 0 Å². The van der Waals surface area contributed by atoms with E-state index in [4.69, 9.17) is 16.7 Å². The fourth-order valence-electron chi connectivity index (χ4n) is 1.56. The Morgan fingerprint density at radius 3 is 2.44 bits per heavy atom. The van der Waals surface area contributed by atoms with E-state index in [2.05, 4.69) is 5.32 Å². The van der Waals surface area contributed by atoms with Gasteiger partial charge in [-0.05, 0) is 35.9 Å². The van der Waals surface area contributed by atoms with Gasteiger partial charge in [-0.2, -0.15) is 0 Å². The van der Waals surface area contributed by atoms with Crippen molar-refractivity contribution in [2.75, 3.05) is 5.32 Å². The lowest BCUT2D eigenvalue weighted by Crippen LogP contribution is -2.14. The van der Waals surface area contributed by atoms with Gasteiger partial charge < -0.3 is 10.4 Å². The third-order valence-corrected chi connectivity index (χ3v) is 2.83. The van der Waals surface area contributed by atoms with Crippen LogP contribution in [0.4, 0.5) is 5.69 Å². The molecule has 0 aliphatic carbocycles. The number of rotatable bonds is 3. The van der Waals surface area contributed by atoms with Gasteiger partial charge in [0.15, 0.2) is 0 Å². The Bertz CT molecular complexity index is 552. The first-order valence-corrected chi connectivity index (χ1v) is 5.85. The van der Waals surface area contributed by atoms with Crippen LogP contribution in [0.15, 0.2) is 48.5 Å². The summed E-state index contributed by atoms with van der Waals surface area (Å²) in [5.41, 5.74) is 1.43. The predicted molar refractivity (Wildman–Crippen MR) is 71.9 cm³/mol. The molecule has 0 saturated carbocycles. The highest BCUT2D eigenvalue weighted by Gasteiger charge is 2.06. The van der Waals surface area contributed by atoms with Gasteiger partial charge >= 0.3 is 0 Å². The third kappa shape index (κ3) is 3.25. The van der Waals surface area contributed by atoms with Gasteiger partial charge in [0.25, 0.3) is 0 Å². The Balaban J connectivity index is 2.01. The van der Waals surface area contributed by atoms with Crippen molar-refractivity contribution in [3.05, 3.63) is 59.1 Å². The van der Waals surface area contributed by atoms with E-state index in [-0.39, 0.29) is 18.1 Å². The summed E-state index contributed by atoms with van der Waals surface area (Å²) in [6.45, 7) is 0. The molecule has 0 aliphatic rings. The Hall–Kier alpha value is -2.00. The zero-order valence-corrected chi connectivity index (χ0v) is 10.3. The van der Waals surface area contributed by atoms with Gasteiger partial charge in [0, 0.05) is 10.7 Å². The van der Waals surface area contributed by atoms with Gasteiger partial charge in [-0.3, -0.25) is 4.79 Å². The zero-order chi connectivity index (χ0) is 13.0. The van der Waals surface area contributed by atoms with Crippen molar-refractivity contribution in [2.24, 2.45) is 0 Å². The summed E-state index contributed by atoms with van der Waals surface area (Å²) in [7, 11) is 0. The molecule has 0 spiro atoms. The first-order chi connectivity index (χ1) is 8.65. The van der Waals surface area contributed by atoms with Crippen LogP contribution in [-0.4, -0.2) is 11.0 Å². The monoisotopic (exact) mass is 261 g/mol. The normalized spacial score (nSPS) is 10.1. The van der Waals surface area contributed by atoms with Crippen LogP contribution in [0.5, 0.6) is 5.75 Å². The van der Waals surface area contributed by atoms with E-state index in [9.17, 15) is 4.79 Å². The molecule has 0 fully saturated rings. The molecule has 2 aromatic rings. The second-order valence-electron chi connectivity index (χ2n) is 3.86. The second-order valence-corrected chi connectivity index (χ2v) is 4.27. The van der Waals surface area contributed by atoms with Crippen LogP contribution in [-0.2, 0) is 11.2 Å². The fourth-order valence-corrected chi connectivity index (χ4v) is 1.77. The predicted octanol–water partition coefficient (Wildman–Crippen LogP) is 3.23. The number of carbonyl (C=O) groups excluding carboxylic acids is 1. The van der Waals surface area contributed by atoms with E-state index in [0.29, 0.717) is 10.7 Å². The minimum absolute atomic E-state index is 0.145. The average molecular weight is 262 g/mol. The SMILES string of the molecule is O=C(Cc1ccccc1Cl)Nc1ccc(O)cc1. The molecule has 4 heteroatoms. The Kier molecular flexibility index (Phi) is 3.85. The van der Waals surface area contributed by atoms with Crippen molar-refractivity contribution >= 4 is 23.2 Å². The Morgan fingerprint density at radius 2 is 1.78 bits per heavy atom. The second kappa shape index (κ2) is 5.56. The van der Waals surface area contributed by atoms with E-state index in [1.165, 1.54) is 12.1 Å². The van der Waals surface area contributed by atoms with Crippen LogP contribution in [0.1, 0.15) is 5.56 Å². The molecular formula is C14H12ClNO2. The smallest absolute Gasteiger partial charge is 0.228 e. The number of phenolic OH excluding ortho intramolecular Hbond substituents is 1. The number of anilines is 1. The van der Waals surface area contributed by atoms with Gasteiger partial charge in [0.05, 0.1) is 6.42 Å². The van der Waals surface area contributed by atoms with E-state index in [0.717, 1.165) is 5.56 Å². The zero-order valence-electron chi connectivity index (χ0n) is 9.56. The molecular weight excluding hydrogens is 250 g/mol. The van der Waals surface area contributed by atoms with Crippen molar-refractivity contribution in [1.29, 1.82) is 0 Å². The van der Waals surface area contributed by atoms with E-state index >= 15 is 0 Å². The van der Waals surface area contributed by atoms with E-state index in [1.54, 1.807) is 18.2 Å². The molecule has 1 amide bonds. The van der Waals surface area contributed by atoms with Crippen LogP contribution < -0.4 is 5.32 Å². The first-order valence-electron chi connectivity index (χ1n) is 5.47. The van der Waals surface area contributed by atoms with Crippen molar-refractivity contribution in [2.45, 2.75) is 6.42 Å². The van der Waals surface area contributed by atoms with Crippen LogP contribution in [0.25, 0.3) is 0 Å². The van der Waals surface area contributed by atoms with Crippen LogP contribution >= 0.6 is 11.6 Å². The number of phenols is 1. The van der Waals surface area contributed by atoms with Crippen molar-refractivity contribution < 1.29 is 9.90 Å². The van der Waals surface area contributed by atoms with Crippen molar-refractivity contribution in [3.63, 3.8) is 0 Å². The highest BCUT2D eigenvalue weighted by atomic mass is 35.5. The number of halogens is 1. The van der Waals surface area contributed by atoms with Gasteiger partial charge in [-0.25, -0.2) is 0 Å². The van der Waals surface area contributed by atoms with E-state index in [1.807, 2.05) is 18.2 Å². The van der Waals surface area contributed by atoms with Gasteiger partial charge in [0.2, 0.25) is 5.91 Å². The molecule has 2 rings (SSSR count). The van der Waals surface area contributed by atoms with Crippen LogP contribution in [0.3, 0.4) is 0 Å². The summed E-state index contributed by atoms with van der Waals surface area (Å²) in [6, 6.07) is 13.6. The number of nitrogens with one attached hydrogen (secondary N) is 1. The topological polar surface area (TPSA) is 49.3 Å². The molecule has 2 aromatic carbocycles. The number of aromatic hydroxyl groups is 1. The summed E-state index contributed by atoms with van der Waals surface area (Å²) in [6.07, 6.45) is 0.223. The molecule has 0 aromatic heterocycles. The molecule has 0 saturated heterocycles. The number of benzene rings is 2. The molecule has 0 radical (unpaired) electrons. The average Bonchev–Trinajstić information content (AvgIpc) is 2.35. The molecule has 0 bridgehead atoms. The fraction of sp³-hybridized carbons (Fsp3) is 0.0714. The summed E-state index contributed by atoms with van der Waals surface area (Å²) < 4.78 is 0. The number of hydrogen-bond donors (Lipinski definition) is 2.